The summed E-state index contributed by atoms with van der Waals surface area (Å²) in [5, 5.41) is 8.98. The normalized spacial score (nSPS) is 17.4. The van der Waals surface area contributed by atoms with E-state index in [1.165, 1.54) is 12.1 Å². The predicted octanol–water partition coefficient (Wildman–Crippen LogP) is 1.64. The molecule has 0 amide bonds. The van der Waals surface area contributed by atoms with Gasteiger partial charge in [-0.3, -0.25) is 0 Å². The maximum Gasteiger partial charge on any atom is 0.243 e. The van der Waals surface area contributed by atoms with Crippen LogP contribution in [0.15, 0.2) is 23.1 Å². The van der Waals surface area contributed by atoms with Crippen molar-refractivity contribution < 1.29 is 17.9 Å². The molecule has 0 aliphatic heterocycles. The number of aliphatic hydroxyl groups excluding tert-OH is 1. The molecule has 0 saturated heterocycles. The summed E-state index contributed by atoms with van der Waals surface area (Å²) in [6.07, 6.45) is 2.27. The summed E-state index contributed by atoms with van der Waals surface area (Å²) < 4.78 is 40.1. The van der Waals surface area contributed by atoms with Gasteiger partial charge in [0.15, 0.2) is 0 Å². The van der Waals surface area contributed by atoms with E-state index >= 15 is 0 Å². The highest BCUT2D eigenvalue weighted by atomic mass is 32.2. The van der Waals surface area contributed by atoms with Crippen LogP contribution in [0.5, 0.6) is 0 Å². The van der Waals surface area contributed by atoms with E-state index in [1.807, 2.05) is 6.92 Å². The minimum Gasteiger partial charge on any atom is -0.392 e. The van der Waals surface area contributed by atoms with Crippen LogP contribution >= 0.6 is 0 Å². The first-order valence-electron chi connectivity index (χ1n) is 6.33. The van der Waals surface area contributed by atoms with Crippen molar-refractivity contribution in [1.29, 1.82) is 0 Å². The largest absolute Gasteiger partial charge is 0.392 e. The van der Waals surface area contributed by atoms with Gasteiger partial charge in [0.2, 0.25) is 10.0 Å². The van der Waals surface area contributed by atoms with Gasteiger partial charge in [-0.05, 0) is 42.4 Å². The predicted molar refractivity (Wildman–Crippen MR) is 69.4 cm³/mol. The Hall–Kier alpha value is -0.980. The lowest BCUT2D eigenvalue weighted by Gasteiger charge is -2.13. The lowest BCUT2D eigenvalue weighted by molar-refractivity contribution is 0.281. The Labute approximate surface area is 112 Å². The van der Waals surface area contributed by atoms with Crippen LogP contribution in [0.25, 0.3) is 0 Å². The van der Waals surface area contributed by atoms with Crippen LogP contribution in [0, 0.1) is 17.7 Å². The van der Waals surface area contributed by atoms with Crippen molar-refractivity contribution in [3.8, 4) is 0 Å². The third-order valence-corrected chi connectivity index (χ3v) is 4.93. The van der Waals surface area contributed by atoms with Gasteiger partial charge >= 0.3 is 0 Å². The van der Waals surface area contributed by atoms with Crippen molar-refractivity contribution in [3.63, 3.8) is 0 Å². The fraction of sp³-hybridized carbons (Fsp3) is 0.538. The molecular formula is C13H18FNO3S. The monoisotopic (exact) mass is 287 g/mol. The second-order valence-corrected chi connectivity index (χ2v) is 6.82. The highest BCUT2D eigenvalue weighted by Gasteiger charge is 2.29. The van der Waals surface area contributed by atoms with Crippen LogP contribution in [-0.2, 0) is 16.6 Å². The second kappa shape index (κ2) is 5.56. The number of aliphatic hydroxyl groups is 1. The van der Waals surface area contributed by atoms with Gasteiger partial charge in [-0.1, -0.05) is 13.0 Å². The molecule has 0 bridgehead atoms. The molecule has 4 nitrogen and oxygen atoms in total. The molecule has 0 heterocycles. The molecule has 0 spiro atoms. The molecule has 1 aromatic rings. The van der Waals surface area contributed by atoms with Crippen LogP contribution in [0.4, 0.5) is 4.39 Å². The zero-order chi connectivity index (χ0) is 14.0. The zero-order valence-electron chi connectivity index (χ0n) is 10.8. The molecule has 1 saturated carbocycles. The fourth-order valence-corrected chi connectivity index (χ4v) is 3.27. The van der Waals surface area contributed by atoms with E-state index < -0.39 is 20.7 Å². The Morgan fingerprint density at radius 3 is 2.74 bits per heavy atom. The van der Waals surface area contributed by atoms with Crippen molar-refractivity contribution >= 4 is 10.0 Å². The van der Waals surface area contributed by atoms with E-state index in [2.05, 4.69) is 4.72 Å². The molecule has 1 fully saturated rings. The number of hydrogen-bond acceptors (Lipinski definition) is 3. The Morgan fingerprint density at radius 1 is 1.47 bits per heavy atom. The van der Waals surface area contributed by atoms with E-state index in [4.69, 9.17) is 5.11 Å². The summed E-state index contributed by atoms with van der Waals surface area (Å²) >= 11 is 0. The van der Waals surface area contributed by atoms with Gasteiger partial charge in [0.1, 0.15) is 10.7 Å². The van der Waals surface area contributed by atoms with E-state index in [0.29, 0.717) is 18.0 Å². The Balaban J connectivity index is 2.13. The molecule has 19 heavy (non-hydrogen) atoms. The fourth-order valence-electron chi connectivity index (χ4n) is 2.00. The number of nitrogens with one attached hydrogen (secondary N) is 1. The number of halogens is 1. The minimum atomic E-state index is -3.86. The molecule has 6 heteroatoms. The van der Waals surface area contributed by atoms with Crippen molar-refractivity contribution in [3.05, 3.63) is 29.6 Å². The zero-order valence-corrected chi connectivity index (χ0v) is 11.6. The number of rotatable bonds is 6. The second-order valence-electron chi connectivity index (χ2n) is 5.09. The van der Waals surface area contributed by atoms with Gasteiger partial charge in [-0.15, -0.1) is 0 Å². The van der Waals surface area contributed by atoms with Crippen LogP contribution < -0.4 is 4.72 Å². The maximum absolute atomic E-state index is 13.6. The minimum absolute atomic E-state index is 0.263. The summed E-state index contributed by atoms with van der Waals surface area (Å²) in [5.41, 5.74) is 0.372. The Morgan fingerprint density at radius 2 is 2.16 bits per heavy atom. The van der Waals surface area contributed by atoms with Gasteiger partial charge in [0.25, 0.3) is 0 Å². The standard InChI is InChI=1S/C13H18FNO3S/c1-9(11-3-4-11)7-15-19(17,18)13-6-10(8-16)2-5-12(13)14/h2,5-6,9,11,15-16H,3-4,7-8H2,1H3. The van der Waals surface area contributed by atoms with E-state index in [1.54, 1.807) is 0 Å². The maximum atomic E-state index is 13.6. The first kappa shape index (κ1) is 14.4. The van der Waals surface area contributed by atoms with Crippen LogP contribution in [0.3, 0.4) is 0 Å². The molecule has 1 aliphatic rings. The summed E-state index contributed by atoms with van der Waals surface area (Å²) in [6.45, 7) is 1.98. The highest BCUT2D eigenvalue weighted by Crippen LogP contribution is 2.36. The third kappa shape index (κ3) is 3.52. The number of hydrogen-bond donors (Lipinski definition) is 2. The lowest BCUT2D eigenvalue weighted by Crippen LogP contribution is -2.29. The average Bonchev–Trinajstić information content (AvgIpc) is 3.20. The van der Waals surface area contributed by atoms with Gasteiger partial charge in [0, 0.05) is 6.54 Å². The molecule has 1 unspecified atom stereocenters. The van der Waals surface area contributed by atoms with Crippen LogP contribution in [0.1, 0.15) is 25.3 Å². The van der Waals surface area contributed by atoms with Crippen LogP contribution in [-0.4, -0.2) is 20.1 Å². The molecular weight excluding hydrogens is 269 g/mol. The molecule has 106 valence electrons. The average molecular weight is 287 g/mol. The van der Waals surface area contributed by atoms with Gasteiger partial charge in [-0.2, -0.15) is 0 Å². The van der Waals surface area contributed by atoms with Crippen LogP contribution in [0.2, 0.25) is 0 Å². The van der Waals surface area contributed by atoms with Gasteiger partial charge in [0.05, 0.1) is 6.61 Å². The molecule has 2 rings (SSSR count). The van der Waals surface area contributed by atoms with Crippen molar-refractivity contribution in [2.24, 2.45) is 11.8 Å². The summed E-state index contributed by atoms with van der Waals surface area (Å²) in [5.74, 6) is 0.0407. The SMILES string of the molecule is CC(CNS(=O)(=O)c1cc(CO)ccc1F)C1CC1. The topological polar surface area (TPSA) is 66.4 Å². The van der Waals surface area contributed by atoms with Crippen molar-refractivity contribution in [2.75, 3.05) is 6.54 Å². The first-order chi connectivity index (χ1) is 8.94. The summed E-state index contributed by atoms with van der Waals surface area (Å²) in [6, 6.07) is 3.59. The molecule has 1 atom stereocenters. The molecule has 1 aliphatic carbocycles. The summed E-state index contributed by atoms with van der Waals surface area (Å²) in [7, 11) is -3.86. The lowest BCUT2D eigenvalue weighted by atomic mass is 10.1. The molecule has 0 radical (unpaired) electrons. The Kier molecular flexibility index (Phi) is 4.23. The molecule has 2 N–H and O–H groups in total. The van der Waals surface area contributed by atoms with Gasteiger partial charge in [-0.25, -0.2) is 17.5 Å². The summed E-state index contributed by atoms with van der Waals surface area (Å²) in [4.78, 5) is -0.401. The van der Waals surface area contributed by atoms with Crippen molar-refractivity contribution in [1.82, 2.24) is 4.72 Å². The Bertz CT molecular complexity index is 555. The molecule has 0 aromatic heterocycles. The molecule has 1 aromatic carbocycles. The first-order valence-corrected chi connectivity index (χ1v) is 7.81. The number of sulfonamides is 1. The quantitative estimate of drug-likeness (QED) is 0.836. The smallest absolute Gasteiger partial charge is 0.243 e. The number of benzene rings is 1. The van der Waals surface area contributed by atoms with E-state index in [0.717, 1.165) is 18.9 Å². The van der Waals surface area contributed by atoms with Crippen molar-refractivity contribution in [2.45, 2.75) is 31.3 Å². The third-order valence-electron chi connectivity index (χ3n) is 3.49. The van der Waals surface area contributed by atoms with E-state index in [9.17, 15) is 12.8 Å². The van der Waals surface area contributed by atoms with Gasteiger partial charge < -0.3 is 5.11 Å². The highest BCUT2D eigenvalue weighted by molar-refractivity contribution is 7.89. The van der Waals surface area contributed by atoms with E-state index in [-0.39, 0.29) is 12.5 Å².